The average Bonchev–Trinajstić information content (AvgIpc) is 3.40. The molecule has 0 amide bonds. The van der Waals surface area contributed by atoms with E-state index in [2.05, 4.69) is 39.2 Å². The van der Waals surface area contributed by atoms with Crippen molar-refractivity contribution in [1.82, 2.24) is 10.2 Å². The number of ether oxygens (including phenoxy) is 1. The van der Waals surface area contributed by atoms with Crippen molar-refractivity contribution in [2.75, 3.05) is 33.3 Å². The number of rotatable bonds is 7. The third-order valence-electron chi connectivity index (χ3n) is 5.31. The van der Waals surface area contributed by atoms with Gasteiger partial charge in [-0.25, -0.2) is 4.39 Å². The number of likely N-dealkylation sites (tertiary alicyclic amines) is 1. The summed E-state index contributed by atoms with van der Waals surface area (Å²) in [4.78, 5) is 13.3. The molecule has 1 aromatic carbocycles. The minimum atomic E-state index is -1.12. The summed E-state index contributed by atoms with van der Waals surface area (Å²) in [6.45, 7) is 2.52. The molecular weight excluding hydrogens is 307 g/mol. The first-order valence-corrected chi connectivity index (χ1v) is 8.86. The fraction of sp³-hybridized carbons (Fsp3) is 0.632. The number of halogens is 1. The van der Waals surface area contributed by atoms with Crippen molar-refractivity contribution in [1.29, 1.82) is 0 Å². The van der Waals surface area contributed by atoms with Crippen molar-refractivity contribution in [2.45, 2.75) is 43.3 Å². The molecule has 2 fully saturated rings. The molecular formula is C19H27FN2O2. The molecule has 5 heteroatoms. The maximum absolute atomic E-state index is 14.9. The molecule has 1 N–H and O–H groups in total. The van der Waals surface area contributed by atoms with Crippen LogP contribution in [0.4, 0.5) is 4.39 Å². The molecule has 1 heterocycles. The molecule has 1 saturated carbocycles. The predicted octanol–water partition coefficient (Wildman–Crippen LogP) is 2.50. The molecule has 4 nitrogen and oxygen atoms in total. The minimum Gasteiger partial charge on any atom is -0.469 e. The van der Waals surface area contributed by atoms with Crippen molar-refractivity contribution < 1.29 is 13.9 Å². The number of nitrogens with zero attached hydrogens (tertiary/aromatic N) is 1. The summed E-state index contributed by atoms with van der Waals surface area (Å²) >= 11 is 0. The van der Waals surface area contributed by atoms with Crippen LogP contribution in [0.25, 0.3) is 0 Å². The zero-order valence-electron chi connectivity index (χ0n) is 14.3. The number of esters is 1. The van der Waals surface area contributed by atoms with E-state index in [4.69, 9.17) is 0 Å². The van der Waals surface area contributed by atoms with E-state index >= 15 is 0 Å². The summed E-state index contributed by atoms with van der Waals surface area (Å²) in [7, 11) is 1.40. The van der Waals surface area contributed by atoms with Gasteiger partial charge in [0, 0.05) is 38.1 Å². The van der Waals surface area contributed by atoms with E-state index in [-0.39, 0.29) is 5.97 Å². The van der Waals surface area contributed by atoms with E-state index in [9.17, 15) is 9.18 Å². The van der Waals surface area contributed by atoms with Gasteiger partial charge in [0.15, 0.2) is 0 Å². The minimum absolute atomic E-state index is 0.200. The summed E-state index contributed by atoms with van der Waals surface area (Å²) < 4.78 is 19.6. The van der Waals surface area contributed by atoms with Crippen LogP contribution < -0.4 is 5.32 Å². The number of benzene rings is 1. The lowest BCUT2D eigenvalue weighted by Crippen LogP contribution is -2.48. The standard InChI is InChI=1S/C19H27FN2O2/c1-24-18(23)7-10-22-11-8-19(20,9-12-22)14-21-17-13-16(17)15-5-3-2-4-6-15/h2-6,16-17,21H,7-14H2,1H3/t16-,17+/m0/s1. The quantitative estimate of drug-likeness (QED) is 0.778. The zero-order valence-corrected chi connectivity index (χ0v) is 14.3. The number of methoxy groups -OCH3 is 1. The molecule has 1 aliphatic carbocycles. The molecule has 0 unspecified atom stereocenters. The van der Waals surface area contributed by atoms with Gasteiger partial charge in [0.05, 0.1) is 13.5 Å². The molecule has 1 saturated heterocycles. The maximum Gasteiger partial charge on any atom is 0.306 e. The van der Waals surface area contributed by atoms with E-state index in [1.165, 1.54) is 12.7 Å². The second-order valence-corrected chi connectivity index (χ2v) is 7.06. The van der Waals surface area contributed by atoms with Gasteiger partial charge in [0.2, 0.25) is 0 Å². The summed E-state index contributed by atoms with van der Waals surface area (Å²) in [5, 5.41) is 3.42. The van der Waals surface area contributed by atoms with Crippen molar-refractivity contribution in [3.05, 3.63) is 35.9 Å². The first-order valence-electron chi connectivity index (χ1n) is 8.86. The lowest BCUT2D eigenvalue weighted by atomic mass is 9.93. The van der Waals surface area contributed by atoms with Gasteiger partial charge in [-0.2, -0.15) is 0 Å². The van der Waals surface area contributed by atoms with Crippen molar-refractivity contribution >= 4 is 5.97 Å². The Morgan fingerprint density at radius 3 is 2.71 bits per heavy atom. The third-order valence-corrected chi connectivity index (χ3v) is 5.31. The van der Waals surface area contributed by atoms with Crippen LogP contribution in [0.2, 0.25) is 0 Å². The molecule has 0 radical (unpaired) electrons. The van der Waals surface area contributed by atoms with Crippen LogP contribution in [0.5, 0.6) is 0 Å². The van der Waals surface area contributed by atoms with Crippen molar-refractivity contribution in [3.63, 3.8) is 0 Å². The average molecular weight is 334 g/mol. The molecule has 2 aliphatic rings. The highest BCUT2D eigenvalue weighted by atomic mass is 19.1. The number of carbonyl (C=O) groups is 1. The predicted molar refractivity (Wildman–Crippen MR) is 91.7 cm³/mol. The molecule has 132 valence electrons. The van der Waals surface area contributed by atoms with Gasteiger partial charge in [0.1, 0.15) is 5.67 Å². The van der Waals surface area contributed by atoms with Crippen LogP contribution in [0.15, 0.2) is 30.3 Å². The van der Waals surface area contributed by atoms with Gasteiger partial charge in [-0.15, -0.1) is 0 Å². The fourth-order valence-corrected chi connectivity index (χ4v) is 3.51. The summed E-state index contributed by atoms with van der Waals surface area (Å²) in [5.41, 5.74) is 0.228. The molecule has 0 bridgehead atoms. The normalized spacial score (nSPS) is 26.1. The van der Waals surface area contributed by atoms with Crippen LogP contribution in [-0.2, 0) is 9.53 Å². The highest BCUT2D eigenvalue weighted by Crippen LogP contribution is 2.41. The maximum atomic E-state index is 14.9. The number of nitrogens with one attached hydrogen (secondary N) is 1. The fourth-order valence-electron chi connectivity index (χ4n) is 3.51. The zero-order chi connectivity index (χ0) is 17.0. The van der Waals surface area contributed by atoms with E-state index in [0.717, 1.165) is 6.42 Å². The van der Waals surface area contributed by atoms with Gasteiger partial charge in [-0.1, -0.05) is 30.3 Å². The Labute approximate surface area is 143 Å². The largest absolute Gasteiger partial charge is 0.469 e. The Balaban J connectivity index is 1.37. The summed E-state index contributed by atoms with van der Waals surface area (Å²) in [6.07, 6.45) is 2.55. The van der Waals surface area contributed by atoms with E-state index in [1.54, 1.807) is 0 Å². The second kappa shape index (κ2) is 7.62. The van der Waals surface area contributed by atoms with E-state index < -0.39 is 5.67 Å². The number of carbonyl (C=O) groups excluding carboxylic acids is 1. The Morgan fingerprint density at radius 1 is 1.33 bits per heavy atom. The Kier molecular flexibility index (Phi) is 5.51. The van der Waals surface area contributed by atoms with E-state index in [0.29, 0.717) is 57.4 Å². The monoisotopic (exact) mass is 334 g/mol. The molecule has 0 aromatic heterocycles. The van der Waals surface area contributed by atoms with Crippen LogP contribution in [0, 0.1) is 0 Å². The first kappa shape index (κ1) is 17.4. The lowest BCUT2D eigenvalue weighted by Gasteiger charge is -2.36. The Morgan fingerprint density at radius 2 is 2.04 bits per heavy atom. The van der Waals surface area contributed by atoms with Crippen molar-refractivity contribution in [2.24, 2.45) is 0 Å². The van der Waals surface area contributed by atoms with Gasteiger partial charge in [-0.3, -0.25) is 4.79 Å². The number of hydrogen-bond acceptors (Lipinski definition) is 4. The molecule has 3 rings (SSSR count). The second-order valence-electron chi connectivity index (χ2n) is 7.06. The first-order chi connectivity index (χ1) is 11.6. The van der Waals surface area contributed by atoms with Crippen LogP contribution >= 0.6 is 0 Å². The molecule has 1 aromatic rings. The number of hydrogen-bond donors (Lipinski definition) is 1. The highest BCUT2D eigenvalue weighted by Gasteiger charge is 2.41. The molecule has 2 atom stereocenters. The number of piperidine rings is 1. The molecule has 1 aliphatic heterocycles. The summed E-state index contributed by atoms with van der Waals surface area (Å²) in [5.74, 6) is 0.337. The van der Waals surface area contributed by atoms with Crippen molar-refractivity contribution in [3.8, 4) is 0 Å². The smallest absolute Gasteiger partial charge is 0.306 e. The van der Waals surface area contributed by atoms with Gasteiger partial charge in [0.25, 0.3) is 0 Å². The third kappa shape index (κ3) is 4.54. The highest BCUT2D eigenvalue weighted by molar-refractivity contribution is 5.69. The number of alkyl halides is 1. The Bertz CT molecular complexity index is 544. The SMILES string of the molecule is COC(=O)CCN1CCC(F)(CN[C@@H]2C[C@H]2c2ccccc2)CC1. The van der Waals surface area contributed by atoms with Gasteiger partial charge >= 0.3 is 5.97 Å². The van der Waals surface area contributed by atoms with Gasteiger partial charge in [-0.05, 0) is 24.8 Å². The van der Waals surface area contributed by atoms with Crippen LogP contribution in [0.3, 0.4) is 0 Å². The lowest BCUT2D eigenvalue weighted by molar-refractivity contribution is -0.141. The van der Waals surface area contributed by atoms with E-state index in [1.807, 2.05) is 6.07 Å². The summed E-state index contributed by atoms with van der Waals surface area (Å²) in [6, 6.07) is 10.9. The van der Waals surface area contributed by atoms with Gasteiger partial charge < -0.3 is 15.0 Å². The Hall–Kier alpha value is -1.46. The molecule has 0 spiro atoms. The molecule has 24 heavy (non-hydrogen) atoms. The van der Waals surface area contributed by atoms with Crippen LogP contribution in [0.1, 0.15) is 37.2 Å². The topological polar surface area (TPSA) is 41.6 Å². The van der Waals surface area contributed by atoms with Crippen LogP contribution in [-0.4, -0.2) is 55.9 Å².